The summed E-state index contributed by atoms with van der Waals surface area (Å²) >= 11 is 0. The molecule has 0 saturated heterocycles. The quantitative estimate of drug-likeness (QED) is 0.757. The summed E-state index contributed by atoms with van der Waals surface area (Å²) in [5.74, 6) is 1.68. The minimum atomic E-state index is 0.245. The van der Waals surface area contributed by atoms with Gasteiger partial charge in [0.2, 0.25) is 0 Å². The molecule has 0 aliphatic heterocycles. The van der Waals surface area contributed by atoms with Crippen molar-refractivity contribution in [1.82, 2.24) is 20.5 Å². The van der Waals surface area contributed by atoms with Crippen LogP contribution in [0.3, 0.4) is 0 Å². The number of rotatable bonds is 6. The third-order valence-electron chi connectivity index (χ3n) is 2.56. The van der Waals surface area contributed by atoms with Crippen molar-refractivity contribution in [2.75, 3.05) is 0 Å². The van der Waals surface area contributed by atoms with Crippen LogP contribution in [0, 0.1) is 5.92 Å². The molecule has 2 N–H and O–H groups in total. The van der Waals surface area contributed by atoms with Crippen LogP contribution in [0.15, 0.2) is 6.33 Å². The van der Waals surface area contributed by atoms with E-state index in [2.05, 4.69) is 48.2 Å². The van der Waals surface area contributed by atoms with Crippen molar-refractivity contribution in [2.24, 2.45) is 5.92 Å². The van der Waals surface area contributed by atoms with Gasteiger partial charge < -0.3 is 5.32 Å². The van der Waals surface area contributed by atoms with Crippen LogP contribution in [0.1, 0.15) is 52.4 Å². The molecule has 0 radical (unpaired) electrons. The van der Waals surface area contributed by atoms with Crippen molar-refractivity contribution in [3.8, 4) is 0 Å². The summed E-state index contributed by atoms with van der Waals surface area (Å²) < 4.78 is 0. The van der Waals surface area contributed by atoms with E-state index < -0.39 is 0 Å². The molecule has 1 rings (SSSR count). The lowest BCUT2D eigenvalue weighted by Crippen LogP contribution is -2.29. The van der Waals surface area contributed by atoms with E-state index in [1.165, 1.54) is 12.8 Å². The molecule has 2 atom stereocenters. The van der Waals surface area contributed by atoms with Crippen molar-refractivity contribution < 1.29 is 0 Å². The van der Waals surface area contributed by atoms with Gasteiger partial charge >= 0.3 is 0 Å². The van der Waals surface area contributed by atoms with Gasteiger partial charge in [-0.2, -0.15) is 5.10 Å². The molecule has 0 fully saturated rings. The fourth-order valence-corrected chi connectivity index (χ4v) is 1.60. The first kappa shape index (κ1) is 12.2. The van der Waals surface area contributed by atoms with Crippen molar-refractivity contribution >= 4 is 0 Å². The second-order valence-corrected chi connectivity index (χ2v) is 4.63. The largest absolute Gasteiger partial charge is 0.305 e. The minimum Gasteiger partial charge on any atom is -0.305 e. The molecular formula is C11H22N4. The van der Waals surface area contributed by atoms with E-state index in [0.717, 1.165) is 11.7 Å². The van der Waals surface area contributed by atoms with Gasteiger partial charge in [0, 0.05) is 6.04 Å². The Morgan fingerprint density at radius 2 is 2.00 bits per heavy atom. The Morgan fingerprint density at radius 3 is 2.53 bits per heavy atom. The summed E-state index contributed by atoms with van der Waals surface area (Å²) in [6, 6.07) is 0.766. The van der Waals surface area contributed by atoms with Gasteiger partial charge in [-0.05, 0) is 32.6 Å². The van der Waals surface area contributed by atoms with Crippen LogP contribution in [-0.2, 0) is 0 Å². The Bertz CT molecular complexity index is 256. The Hall–Kier alpha value is -0.900. The first-order valence-corrected chi connectivity index (χ1v) is 5.71. The summed E-state index contributed by atoms with van der Waals surface area (Å²) in [6.45, 7) is 8.83. The number of H-pyrrole nitrogens is 1. The zero-order chi connectivity index (χ0) is 11.3. The lowest BCUT2D eigenvalue weighted by atomic mass is 10.0. The molecule has 1 aromatic rings. The van der Waals surface area contributed by atoms with Gasteiger partial charge in [-0.15, -0.1) is 0 Å². The average molecular weight is 210 g/mol. The van der Waals surface area contributed by atoms with Gasteiger partial charge in [0.05, 0.1) is 6.04 Å². The van der Waals surface area contributed by atoms with Crippen LogP contribution in [0.2, 0.25) is 0 Å². The first-order valence-electron chi connectivity index (χ1n) is 5.71. The minimum absolute atomic E-state index is 0.245. The normalized spacial score (nSPS) is 15.5. The highest BCUT2D eigenvalue weighted by Gasteiger charge is 2.11. The van der Waals surface area contributed by atoms with Crippen LogP contribution in [-0.4, -0.2) is 21.2 Å². The van der Waals surface area contributed by atoms with Crippen LogP contribution in [0.5, 0.6) is 0 Å². The summed E-state index contributed by atoms with van der Waals surface area (Å²) in [5.41, 5.74) is 0. The molecule has 0 aliphatic rings. The van der Waals surface area contributed by atoms with Gasteiger partial charge in [0.15, 0.2) is 0 Å². The van der Waals surface area contributed by atoms with Gasteiger partial charge in [-0.3, -0.25) is 5.10 Å². The van der Waals surface area contributed by atoms with E-state index in [9.17, 15) is 0 Å². The molecular weight excluding hydrogens is 188 g/mol. The van der Waals surface area contributed by atoms with Crippen molar-refractivity contribution in [1.29, 1.82) is 0 Å². The fourth-order valence-electron chi connectivity index (χ4n) is 1.60. The maximum Gasteiger partial charge on any atom is 0.141 e. The van der Waals surface area contributed by atoms with Gasteiger partial charge in [-0.1, -0.05) is 13.8 Å². The molecule has 1 heterocycles. The van der Waals surface area contributed by atoms with E-state index in [1.807, 2.05) is 0 Å². The molecule has 0 aromatic carbocycles. The highest BCUT2D eigenvalue weighted by atomic mass is 15.2. The lowest BCUT2D eigenvalue weighted by molar-refractivity contribution is 0.409. The van der Waals surface area contributed by atoms with Gasteiger partial charge in [0.25, 0.3) is 0 Å². The number of aromatic nitrogens is 3. The standard InChI is InChI=1S/C11H22N4/c1-8(2)5-6-9(3)14-10(4)11-12-7-13-15-11/h7-10,14H,5-6H2,1-4H3,(H,12,13,15). The number of aromatic amines is 1. The molecule has 0 spiro atoms. The van der Waals surface area contributed by atoms with Crippen molar-refractivity contribution in [3.05, 3.63) is 12.2 Å². The highest BCUT2D eigenvalue weighted by Crippen LogP contribution is 2.11. The lowest BCUT2D eigenvalue weighted by Gasteiger charge is -2.18. The smallest absolute Gasteiger partial charge is 0.141 e. The van der Waals surface area contributed by atoms with Crippen LogP contribution in [0.4, 0.5) is 0 Å². The molecule has 0 saturated carbocycles. The maximum absolute atomic E-state index is 4.14. The molecule has 4 nitrogen and oxygen atoms in total. The molecule has 15 heavy (non-hydrogen) atoms. The predicted octanol–water partition coefficient (Wildman–Crippen LogP) is 2.28. The summed E-state index contributed by atoms with van der Waals surface area (Å²) in [4.78, 5) is 4.14. The summed E-state index contributed by atoms with van der Waals surface area (Å²) in [6.07, 6.45) is 4.01. The van der Waals surface area contributed by atoms with E-state index in [0.29, 0.717) is 6.04 Å². The zero-order valence-electron chi connectivity index (χ0n) is 10.1. The number of nitrogens with one attached hydrogen (secondary N) is 2. The summed E-state index contributed by atoms with van der Waals surface area (Å²) in [5, 5.41) is 10.2. The van der Waals surface area contributed by atoms with E-state index in [-0.39, 0.29) is 6.04 Å². The number of nitrogens with zero attached hydrogens (tertiary/aromatic N) is 2. The summed E-state index contributed by atoms with van der Waals surface area (Å²) in [7, 11) is 0. The highest BCUT2D eigenvalue weighted by molar-refractivity contribution is 4.89. The van der Waals surface area contributed by atoms with Crippen LogP contribution in [0.25, 0.3) is 0 Å². The number of hydrogen-bond acceptors (Lipinski definition) is 3. The Kier molecular flexibility index (Phi) is 4.75. The Balaban J connectivity index is 2.28. The van der Waals surface area contributed by atoms with Crippen molar-refractivity contribution in [3.63, 3.8) is 0 Å². The molecule has 0 aliphatic carbocycles. The molecule has 0 amide bonds. The van der Waals surface area contributed by atoms with Crippen LogP contribution >= 0.6 is 0 Å². The third kappa shape index (κ3) is 4.42. The predicted molar refractivity (Wildman–Crippen MR) is 61.5 cm³/mol. The van der Waals surface area contributed by atoms with E-state index in [4.69, 9.17) is 0 Å². The van der Waals surface area contributed by atoms with Crippen LogP contribution < -0.4 is 5.32 Å². The Morgan fingerprint density at radius 1 is 1.27 bits per heavy atom. The van der Waals surface area contributed by atoms with Gasteiger partial charge in [0.1, 0.15) is 12.2 Å². The first-order chi connectivity index (χ1) is 7.09. The molecule has 1 aromatic heterocycles. The monoisotopic (exact) mass is 210 g/mol. The van der Waals surface area contributed by atoms with Crippen molar-refractivity contribution in [2.45, 2.75) is 52.6 Å². The second-order valence-electron chi connectivity index (χ2n) is 4.63. The molecule has 86 valence electrons. The molecule has 4 heteroatoms. The SMILES string of the molecule is CC(C)CCC(C)NC(C)c1ncn[nH]1. The van der Waals surface area contributed by atoms with E-state index in [1.54, 1.807) is 6.33 Å². The van der Waals surface area contributed by atoms with E-state index >= 15 is 0 Å². The molecule has 0 bridgehead atoms. The number of hydrogen-bond donors (Lipinski definition) is 2. The fraction of sp³-hybridized carbons (Fsp3) is 0.818. The topological polar surface area (TPSA) is 53.6 Å². The third-order valence-corrected chi connectivity index (χ3v) is 2.56. The maximum atomic E-state index is 4.14. The average Bonchev–Trinajstić information content (AvgIpc) is 2.67. The zero-order valence-corrected chi connectivity index (χ0v) is 10.1. The van der Waals surface area contributed by atoms with Gasteiger partial charge in [-0.25, -0.2) is 4.98 Å². The Labute approximate surface area is 91.9 Å². The molecule has 2 unspecified atom stereocenters. The second kappa shape index (κ2) is 5.85.